The first-order valence-electron chi connectivity index (χ1n) is 7.07. The van der Waals surface area contributed by atoms with Crippen molar-refractivity contribution in [2.45, 2.75) is 12.3 Å². The summed E-state index contributed by atoms with van der Waals surface area (Å²) < 4.78 is 37.5. The minimum absolute atomic E-state index is 0.0187. The molecule has 7 nitrogen and oxygen atoms in total. The van der Waals surface area contributed by atoms with Crippen molar-refractivity contribution < 1.29 is 32.6 Å². The van der Waals surface area contributed by atoms with Crippen molar-refractivity contribution in [1.29, 1.82) is 0 Å². The van der Waals surface area contributed by atoms with Gasteiger partial charge in [-0.1, -0.05) is 0 Å². The van der Waals surface area contributed by atoms with Gasteiger partial charge in [0, 0.05) is 45.6 Å². The molecule has 0 aliphatic carbocycles. The van der Waals surface area contributed by atoms with E-state index in [2.05, 4.69) is 17.3 Å². The van der Waals surface area contributed by atoms with Crippen molar-refractivity contribution in [3.63, 3.8) is 0 Å². The Hall–Kier alpha value is -1.55. The second kappa shape index (κ2) is 7.82. The number of amides is 2. The van der Waals surface area contributed by atoms with E-state index in [0.29, 0.717) is 17.9 Å². The van der Waals surface area contributed by atoms with E-state index in [4.69, 9.17) is 14.6 Å². The van der Waals surface area contributed by atoms with Gasteiger partial charge in [0.25, 0.3) is 0 Å². The van der Waals surface area contributed by atoms with E-state index in [-0.39, 0.29) is 6.03 Å². The van der Waals surface area contributed by atoms with Crippen LogP contribution in [0, 0.1) is 11.8 Å². The van der Waals surface area contributed by atoms with Gasteiger partial charge in [-0.3, -0.25) is 0 Å². The van der Waals surface area contributed by atoms with Crippen molar-refractivity contribution in [2.75, 3.05) is 47.4 Å². The van der Waals surface area contributed by atoms with E-state index in [1.165, 1.54) is 0 Å². The molecule has 2 rings (SSSR count). The number of alkyl halides is 3. The van der Waals surface area contributed by atoms with E-state index in [0.717, 1.165) is 26.2 Å². The highest BCUT2D eigenvalue weighted by Gasteiger charge is 2.42. The largest absolute Gasteiger partial charge is 0.490 e. The number of carboxylic acid groups (broad SMARTS) is 1. The summed E-state index contributed by atoms with van der Waals surface area (Å²) >= 11 is 0. The molecule has 0 spiro atoms. The second-order valence-electron chi connectivity index (χ2n) is 5.90. The number of carbonyl (C=O) groups excluding carboxylic acids is 1. The predicted molar refractivity (Wildman–Crippen MR) is 75.0 cm³/mol. The van der Waals surface area contributed by atoms with Crippen LogP contribution in [-0.4, -0.2) is 86.6 Å². The average molecular weight is 341 g/mol. The third-order valence-corrected chi connectivity index (χ3v) is 3.79. The monoisotopic (exact) mass is 341 g/mol. The lowest BCUT2D eigenvalue weighted by atomic mass is 9.93. The highest BCUT2D eigenvalue weighted by molar-refractivity contribution is 5.73. The van der Waals surface area contributed by atoms with Gasteiger partial charge in [-0.05, 0) is 7.05 Å². The molecular formula is C13H22F3N3O4. The fourth-order valence-electron chi connectivity index (χ4n) is 2.58. The number of hydrogen-bond donors (Lipinski definition) is 2. The van der Waals surface area contributed by atoms with Gasteiger partial charge in [-0.2, -0.15) is 13.2 Å². The molecule has 0 bridgehead atoms. The second-order valence-corrected chi connectivity index (χ2v) is 5.90. The molecule has 2 aliphatic rings. The number of likely N-dealkylation sites (N-methyl/N-ethyl adjacent to an activating group) is 1. The first-order valence-corrected chi connectivity index (χ1v) is 7.07. The molecule has 3 atom stereocenters. The van der Waals surface area contributed by atoms with Gasteiger partial charge in [0.15, 0.2) is 0 Å². The maximum atomic E-state index is 11.4. The Morgan fingerprint density at radius 3 is 2.39 bits per heavy atom. The number of nitrogens with zero attached hydrogens (tertiary/aromatic N) is 2. The smallest absolute Gasteiger partial charge is 0.475 e. The standard InChI is InChI=1S/C11H21N3O2.C2HF3O2/c1-13(2)11(15)12-4-8-7-16-10-6-14(3)5-9(8)10;3-2(4,5)1(6)7/h8-10H,4-7H2,1-3H3,(H,12,15);(H,6,7)/t8-,9+,10+;/m0./s1. The van der Waals surface area contributed by atoms with Crippen LogP contribution in [0.3, 0.4) is 0 Å². The van der Waals surface area contributed by atoms with E-state index in [1.54, 1.807) is 19.0 Å². The van der Waals surface area contributed by atoms with Crippen LogP contribution in [0.1, 0.15) is 0 Å². The molecule has 23 heavy (non-hydrogen) atoms. The van der Waals surface area contributed by atoms with Crippen LogP contribution >= 0.6 is 0 Å². The number of ether oxygens (including phenoxy) is 1. The number of rotatable bonds is 2. The van der Waals surface area contributed by atoms with Crippen LogP contribution in [-0.2, 0) is 9.53 Å². The lowest BCUT2D eigenvalue weighted by Gasteiger charge is -2.19. The molecule has 2 heterocycles. The zero-order valence-corrected chi connectivity index (χ0v) is 13.3. The van der Waals surface area contributed by atoms with Crippen LogP contribution in [0.15, 0.2) is 0 Å². The molecule has 0 saturated carbocycles. The maximum absolute atomic E-state index is 11.4. The topological polar surface area (TPSA) is 82.1 Å². The van der Waals surface area contributed by atoms with Crippen LogP contribution in [0.25, 0.3) is 0 Å². The van der Waals surface area contributed by atoms with Crippen molar-refractivity contribution in [3.05, 3.63) is 0 Å². The molecule has 10 heteroatoms. The van der Waals surface area contributed by atoms with Crippen LogP contribution in [0.2, 0.25) is 0 Å². The molecule has 0 unspecified atom stereocenters. The summed E-state index contributed by atoms with van der Waals surface area (Å²) in [5.74, 6) is -1.70. The fourth-order valence-corrected chi connectivity index (χ4v) is 2.58. The van der Waals surface area contributed by atoms with Crippen LogP contribution in [0.5, 0.6) is 0 Å². The minimum atomic E-state index is -5.08. The van der Waals surface area contributed by atoms with Gasteiger partial charge in [0.2, 0.25) is 0 Å². The molecule has 0 radical (unpaired) electrons. The molecule has 0 aromatic heterocycles. The molecule has 2 N–H and O–H groups in total. The summed E-state index contributed by atoms with van der Waals surface area (Å²) in [6, 6.07) is -0.0187. The molecule has 2 aliphatic heterocycles. The lowest BCUT2D eigenvalue weighted by Crippen LogP contribution is -2.39. The summed E-state index contributed by atoms with van der Waals surface area (Å²) in [5, 5.41) is 10.1. The predicted octanol–water partition coefficient (Wildman–Crippen LogP) is 0.468. The van der Waals surface area contributed by atoms with E-state index < -0.39 is 12.1 Å². The number of fused-ring (bicyclic) bond motifs is 1. The van der Waals surface area contributed by atoms with Gasteiger partial charge in [-0.15, -0.1) is 0 Å². The van der Waals surface area contributed by atoms with E-state index in [9.17, 15) is 18.0 Å². The molecule has 2 saturated heterocycles. The molecule has 0 aromatic rings. The van der Waals surface area contributed by atoms with Gasteiger partial charge in [0.05, 0.1) is 12.7 Å². The van der Waals surface area contributed by atoms with Crippen molar-refractivity contribution in [2.24, 2.45) is 11.8 Å². The molecule has 134 valence electrons. The Bertz CT molecular complexity index is 431. The van der Waals surface area contributed by atoms with Gasteiger partial charge in [0.1, 0.15) is 0 Å². The third-order valence-electron chi connectivity index (χ3n) is 3.79. The summed E-state index contributed by atoms with van der Waals surface area (Å²) in [7, 11) is 5.64. The number of nitrogens with one attached hydrogen (secondary N) is 1. The number of halogens is 3. The summed E-state index contributed by atoms with van der Waals surface area (Å²) in [6.45, 7) is 3.64. The summed E-state index contributed by atoms with van der Waals surface area (Å²) in [5.41, 5.74) is 0. The first kappa shape index (κ1) is 19.5. The Labute approximate surface area is 132 Å². The zero-order chi connectivity index (χ0) is 17.8. The van der Waals surface area contributed by atoms with E-state index in [1.807, 2.05) is 0 Å². The number of hydrogen-bond acceptors (Lipinski definition) is 4. The number of likely N-dealkylation sites (tertiary alicyclic amines) is 1. The molecule has 0 aromatic carbocycles. The van der Waals surface area contributed by atoms with Gasteiger partial charge < -0.3 is 25.0 Å². The molecule has 2 fully saturated rings. The van der Waals surface area contributed by atoms with Gasteiger partial charge >= 0.3 is 18.2 Å². The van der Waals surface area contributed by atoms with E-state index >= 15 is 0 Å². The fraction of sp³-hybridized carbons (Fsp3) is 0.846. The van der Waals surface area contributed by atoms with Gasteiger partial charge in [-0.25, -0.2) is 9.59 Å². The lowest BCUT2D eigenvalue weighted by molar-refractivity contribution is -0.192. The van der Waals surface area contributed by atoms with Crippen LogP contribution < -0.4 is 5.32 Å². The number of carbonyl (C=O) groups is 2. The number of carboxylic acids is 1. The Morgan fingerprint density at radius 1 is 1.35 bits per heavy atom. The van der Waals surface area contributed by atoms with Crippen molar-refractivity contribution >= 4 is 12.0 Å². The Kier molecular flexibility index (Phi) is 6.63. The molecule has 2 amide bonds. The Balaban J connectivity index is 0.000000322. The third kappa shape index (κ3) is 5.87. The van der Waals surface area contributed by atoms with Crippen molar-refractivity contribution in [3.8, 4) is 0 Å². The highest BCUT2D eigenvalue weighted by Crippen LogP contribution is 2.32. The Morgan fingerprint density at radius 2 is 1.91 bits per heavy atom. The SMILES string of the molecule is CN1C[C@@H]2[C@@H](CNC(=O)N(C)C)CO[C@@H]2C1.O=C(O)C(F)(F)F. The summed E-state index contributed by atoms with van der Waals surface area (Å²) in [4.78, 5) is 24.2. The highest BCUT2D eigenvalue weighted by atomic mass is 19.4. The zero-order valence-electron chi connectivity index (χ0n) is 13.3. The number of urea groups is 1. The quantitative estimate of drug-likeness (QED) is 0.763. The minimum Gasteiger partial charge on any atom is -0.475 e. The van der Waals surface area contributed by atoms with Crippen molar-refractivity contribution in [1.82, 2.24) is 15.1 Å². The maximum Gasteiger partial charge on any atom is 0.490 e. The molecular weight excluding hydrogens is 319 g/mol. The van der Waals surface area contributed by atoms with Crippen LogP contribution in [0.4, 0.5) is 18.0 Å². The normalized spacial score (nSPS) is 27.0. The first-order chi connectivity index (χ1) is 10.5. The average Bonchev–Trinajstić information content (AvgIpc) is 2.94. The summed E-state index contributed by atoms with van der Waals surface area (Å²) in [6.07, 6.45) is -4.70. The number of aliphatic carboxylic acids is 1.